The van der Waals surface area contributed by atoms with Crippen LogP contribution in [0.1, 0.15) is 11.5 Å². The van der Waals surface area contributed by atoms with Crippen LogP contribution in [0.5, 0.6) is 5.75 Å². The first-order chi connectivity index (χ1) is 13.1. The summed E-state index contributed by atoms with van der Waals surface area (Å²) in [6.07, 6.45) is 3.50. The molecule has 0 aliphatic heterocycles. The molecule has 0 saturated heterocycles. The van der Waals surface area contributed by atoms with Crippen LogP contribution in [-0.2, 0) is 13.1 Å². The van der Waals surface area contributed by atoms with Crippen molar-refractivity contribution in [2.75, 3.05) is 7.11 Å². The second-order valence-corrected chi connectivity index (χ2v) is 6.65. The Kier molecular flexibility index (Phi) is 4.45. The molecule has 0 aliphatic carbocycles. The number of aromatic nitrogens is 4. The molecule has 27 heavy (non-hydrogen) atoms. The molecule has 0 atom stereocenters. The van der Waals surface area contributed by atoms with E-state index in [1.165, 1.54) is 0 Å². The summed E-state index contributed by atoms with van der Waals surface area (Å²) in [5.74, 6) is 2.47. The lowest BCUT2D eigenvalue weighted by Crippen LogP contribution is -2.02. The van der Waals surface area contributed by atoms with Crippen LogP contribution in [0.25, 0.3) is 22.3 Å². The van der Waals surface area contributed by atoms with Crippen molar-refractivity contribution in [1.29, 1.82) is 0 Å². The quantitative estimate of drug-likeness (QED) is 0.389. The van der Waals surface area contributed by atoms with Gasteiger partial charge >= 0.3 is 0 Å². The summed E-state index contributed by atoms with van der Waals surface area (Å²) in [7, 11) is 1.67. The van der Waals surface area contributed by atoms with Crippen LogP contribution < -0.4 is 4.74 Å². The lowest BCUT2D eigenvalue weighted by atomic mass is 10.1. The smallest absolute Gasteiger partial charge is 0.195 e. The van der Waals surface area contributed by atoms with Crippen LogP contribution >= 0.6 is 12.2 Å². The van der Waals surface area contributed by atoms with Crippen molar-refractivity contribution in [2.24, 2.45) is 0 Å². The number of furan rings is 1. The molecule has 0 spiro atoms. The molecule has 3 aromatic heterocycles. The van der Waals surface area contributed by atoms with Gasteiger partial charge in [-0.1, -0.05) is 6.08 Å². The molecule has 0 bridgehead atoms. The number of fused-ring (bicyclic) bond motifs is 1. The number of hydrogen-bond acceptors (Lipinski definition) is 4. The SMILES string of the molecule is C=CCn1c(-c2c(C)n(Cc3ccco3)c3ccc(OC)cc23)n[nH]c1=S. The van der Waals surface area contributed by atoms with Crippen molar-refractivity contribution in [3.8, 4) is 17.1 Å². The molecule has 4 rings (SSSR count). The second-order valence-electron chi connectivity index (χ2n) is 6.26. The van der Waals surface area contributed by atoms with Crippen molar-refractivity contribution < 1.29 is 9.15 Å². The van der Waals surface area contributed by atoms with Gasteiger partial charge < -0.3 is 13.7 Å². The van der Waals surface area contributed by atoms with Crippen molar-refractivity contribution in [3.05, 3.63) is 65.5 Å². The van der Waals surface area contributed by atoms with Crippen LogP contribution in [-0.4, -0.2) is 26.4 Å². The maximum absolute atomic E-state index is 5.57. The number of methoxy groups -OCH3 is 1. The number of ether oxygens (including phenoxy) is 1. The number of nitrogens with zero attached hydrogens (tertiary/aromatic N) is 3. The van der Waals surface area contributed by atoms with Crippen LogP contribution in [0.2, 0.25) is 0 Å². The number of nitrogens with one attached hydrogen (secondary N) is 1. The van der Waals surface area contributed by atoms with Gasteiger partial charge in [-0.15, -0.1) is 6.58 Å². The van der Waals surface area contributed by atoms with Gasteiger partial charge in [-0.25, -0.2) is 0 Å². The fourth-order valence-electron chi connectivity index (χ4n) is 3.44. The Bertz CT molecular complexity index is 1160. The zero-order chi connectivity index (χ0) is 19.0. The number of allylic oxidation sites excluding steroid dienone is 1. The third kappa shape index (κ3) is 2.90. The lowest BCUT2D eigenvalue weighted by molar-refractivity contribution is 0.415. The molecule has 0 unspecified atom stereocenters. The van der Waals surface area contributed by atoms with Crippen molar-refractivity contribution in [1.82, 2.24) is 19.3 Å². The molecule has 7 heteroatoms. The van der Waals surface area contributed by atoms with Gasteiger partial charge in [0.1, 0.15) is 11.5 Å². The molecular formula is C20H20N4O2S. The molecule has 0 radical (unpaired) electrons. The minimum atomic E-state index is 0.569. The van der Waals surface area contributed by atoms with E-state index in [2.05, 4.69) is 34.3 Å². The maximum atomic E-state index is 5.57. The first kappa shape index (κ1) is 17.4. The third-order valence-electron chi connectivity index (χ3n) is 4.72. The van der Waals surface area contributed by atoms with E-state index >= 15 is 0 Å². The molecular weight excluding hydrogens is 360 g/mol. The summed E-state index contributed by atoms with van der Waals surface area (Å²) in [5.41, 5.74) is 3.18. The Morgan fingerprint density at radius 2 is 2.19 bits per heavy atom. The van der Waals surface area contributed by atoms with E-state index in [-0.39, 0.29) is 0 Å². The summed E-state index contributed by atoms with van der Waals surface area (Å²) < 4.78 is 15.8. The largest absolute Gasteiger partial charge is 0.497 e. The average molecular weight is 380 g/mol. The van der Waals surface area contributed by atoms with Crippen LogP contribution in [0.4, 0.5) is 0 Å². The van der Waals surface area contributed by atoms with Gasteiger partial charge in [-0.3, -0.25) is 9.67 Å². The maximum Gasteiger partial charge on any atom is 0.195 e. The van der Waals surface area contributed by atoms with E-state index in [0.29, 0.717) is 17.9 Å². The van der Waals surface area contributed by atoms with Crippen LogP contribution in [0, 0.1) is 11.7 Å². The number of rotatable bonds is 6. The molecule has 6 nitrogen and oxygen atoms in total. The van der Waals surface area contributed by atoms with Crippen LogP contribution in [0.3, 0.4) is 0 Å². The first-order valence-corrected chi connectivity index (χ1v) is 9.00. The predicted molar refractivity (Wildman–Crippen MR) is 108 cm³/mol. The fraction of sp³-hybridized carbons (Fsp3) is 0.200. The molecule has 1 aromatic carbocycles. The van der Waals surface area contributed by atoms with Gasteiger partial charge in [-0.2, -0.15) is 5.10 Å². The topological polar surface area (TPSA) is 60.9 Å². The number of aromatic amines is 1. The second kappa shape index (κ2) is 6.92. The van der Waals surface area contributed by atoms with Crippen LogP contribution in [0.15, 0.2) is 53.7 Å². The van der Waals surface area contributed by atoms with Crippen molar-refractivity contribution >= 4 is 23.1 Å². The molecule has 0 fully saturated rings. The van der Waals surface area contributed by atoms with E-state index in [9.17, 15) is 0 Å². The van der Waals surface area contributed by atoms with E-state index in [1.807, 2.05) is 34.9 Å². The summed E-state index contributed by atoms with van der Waals surface area (Å²) in [5, 5.41) is 8.46. The Labute approximate surface area is 161 Å². The molecule has 1 N–H and O–H groups in total. The zero-order valence-corrected chi connectivity index (χ0v) is 16.0. The summed E-state index contributed by atoms with van der Waals surface area (Å²) >= 11 is 5.40. The monoisotopic (exact) mass is 380 g/mol. The summed E-state index contributed by atoms with van der Waals surface area (Å²) in [6.45, 7) is 7.13. The Morgan fingerprint density at radius 1 is 1.33 bits per heavy atom. The molecule has 0 aliphatic rings. The van der Waals surface area contributed by atoms with Gasteiger partial charge in [0.2, 0.25) is 0 Å². The van der Waals surface area contributed by atoms with E-state index < -0.39 is 0 Å². The highest BCUT2D eigenvalue weighted by Gasteiger charge is 2.21. The minimum absolute atomic E-state index is 0.569. The van der Waals surface area contributed by atoms with Crippen molar-refractivity contribution in [2.45, 2.75) is 20.0 Å². The normalized spacial score (nSPS) is 11.2. The molecule has 0 amide bonds. The standard InChI is InChI=1S/C20H20N4O2S/c1-4-9-23-19(21-22-20(23)27)18-13(2)24(12-15-6-5-10-26-15)17-8-7-14(25-3)11-16(17)18/h4-8,10-11H,1,9,12H2,2-3H3,(H,22,27). The summed E-state index contributed by atoms with van der Waals surface area (Å²) in [6, 6.07) is 9.93. The minimum Gasteiger partial charge on any atom is -0.497 e. The zero-order valence-electron chi connectivity index (χ0n) is 15.2. The van der Waals surface area contributed by atoms with E-state index in [1.54, 1.807) is 13.4 Å². The lowest BCUT2D eigenvalue weighted by Gasteiger charge is -2.07. The highest BCUT2D eigenvalue weighted by molar-refractivity contribution is 7.71. The average Bonchev–Trinajstić information content (AvgIpc) is 3.37. The fourth-order valence-corrected chi connectivity index (χ4v) is 3.65. The van der Waals surface area contributed by atoms with E-state index in [4.69, 9.17) is 21.4 Å². The first-order valence-electron chi connectivity index (χ1n) is 8.59. The highest BCUT2D eigenvalue weighted by Crippen LogP contribution is 2.36. The van der Waals surface area contributed by atoms with Gasteiger partial charge in [-0.05, 0) is 49.5 Å². The molecule has 0 saturated carbocycles. The van der Waals surface area contributed by atoms with Gasteiger partial charge in [0.25, 0.3) is 0 Å². The summed E-state index contributed by atoms with van der Waals surface area (Å²) in [4.78, 5) is 0. The highest BCUT2D eigenvalue weighted by atomic mass is 32.1. The number of hydrogen-bond donors (Lipinski definition) is 1. The number of benzene rings is 1. The van der Waals surface area contributed by atoms with Gasteiger partial charge in [0.05, 0.1) is 19.9 Å². The van der Waals surface area contributed by atoms with E-state index in [0.717, 1.165) is 39.5 Å². The Balaban J connectivity index is 2.00. The molecule has 4 aromatic rings. The number of H-pyrrole nitrogens is 1. The van der Waals surface area contributed by atoms with Gasteiger partial charge in [0, 0.05) is 28.7 Å². The van der Waals surface area contributed by atoms with Crippen molar-refractivity contribution in [3.63, 3.8) is 0 Å². The molecule has 3 heterocycles. The third-order valence-corrected chi connectivity index (χ3v) is 5.03. The van der Waals surface area contributed by atoms with Gasteiger partial charge in [0.15, 0.2) is 10.6 Å². The molecule has 138 valence electrons. The Hall–Kier alpha value is -3.06. The predicted octanol–water partition coefficient (Wildman–Crippen LogP) is 4.71. The Morgan fingerprint density at radius 3 is 2.89 bits per heavy atom.